The molecule has 17 heavy (non-hydrogen) atoms. The van der Waals surface area contributed by atoms with Gasteiger partial charge < -0.3 is 10.3 Å². The summed E-state index contributed by atoms with van der Waals surface area (Å²) in [5, 5.41) is 0. The maximum Gasteiger partial charge on any atom is 0.200 e. The number of aromatic nitrogens is 2. The molecule has 90 valence electrons. The number of anilines is 1. The Morgan fingerprint density at radius 1 is 1.24 bits per heavy atom. The lowest BCUT2D eigenvalue weighted by molar-refractivity contribution is 0.783. The topological polar surface area (TPSA) is 43.8 Å². The van der Waals surface area contributed by atoms with Crippen LogP contribution in [0.25, 0.3) is 0 Å². The molecule has 2 N–H and O–H groups in total. The molecule has 0 radical (unpaired) electrons. The van der Waals surface area contributed by atoms with Crippen LogP contribution in [0.15, 0.2) is 30.3 Å². The van der Waals surface area contributed by atoms with Crippen molar-refractivity contribution in [3.05, 3.63) is 47.3 Å². The van der Waals surface area contributed by atoms with Crippen LogP contribution in [0.2, 0.25) is 0 Å². The summed E-state index contributed by atoms with van der Waals surface area (Å²) in [6.45, 7) is 2.18. The molecule has 0 saturated heterocycles. The molecule has 0 amide bonds. The molecule has 1 aromatic heterocycles. The molecule has 1 heterocycles. The Bertz CT molecular complexity index is 486. The van der Waals surface area contributed by atoms with Gasteiger partial charge in [-0.2, -0.15) is 0 Å². The fourth-order valence-electron chi connectivity index (χ4n) is 2.09. The largest absolute Gasteiger partial charge is 0.369 e. The highest BCUT2D eigenvalue weighted by atomic mass is 15.1. The normalized spacial score (nSPS) is 10.7. The van der Waals surface area contributed by atoms with Crippen LogP contribution < -0.4 is 5.73 Å². The van der Waals surface area contributed by atoms with Crippen molar-refractivity contribution in [2.75, 3.05) is 5.73 Å². The average molecular weight is 229 g/mol. The Morgan fingerprint density at radius 2 is 1.94 bits per heavy atom. The summed E-state index contributed by atoms with van der Waals surface area (Å²) < 4.78 is 2.00. The van der Waals surface area contributed by atoms with Crippen molar-refractivity contribution in [2.45, 2.75) is 26.2 Å². The Kier molecular flexibility index (Phi) is 3.47. The van der Waals surface area contributed by atoms with Crippen molar-refractivity contribution in [1.29, 1.82) is 0 Å². The Morgan fingerprint density at radius 3 is 2.59 bits per heavy atom. The number of rotatable bonds is 4. The van der Waals surface area contributed by atoms with Gasteiger partial charge in [-0.15, -0.1) is 0 Å². The molecule has 3 heteroatoms. The SMILES string of the molecule is CCCc1c(Cc2ccccc2)nc(N)n1C. The van der Waals surface area contributed by atoms with Crippen LogP contribution in [-0.4, -0.2) is 9.55 Å². The van der Waals surface area contributed by atoms with E-state index in [1.54, 1.807) is 0 Å². The highest BCUT2D eigenvalue weighted by molar-refractivity contribution is 5.33. The van der Waals surface area contributed by atoms with Crippen LogP contribution in [-0.2, 0) is 19.9 Å². The predicted molar refractivity (Wildman–Crippen MR) is 70.9 cm³/mol. The lowest BCUT2D eigenvalue weighted by atomic mass is 10.1. The Labute approximate surface area is 102 Å². The van der Waals surface area contributed by atoms with Gasteiger partial charge in [0.15, 0.2) is 5.95 Å². The van der Waals surface area contributed by atoms with Crippen LogP contribution in [0.4, 0.5) is 5.95 Å². The van der Waals surface area contributed by atoms with E-state index in [0.717, 1.165) is 25.0 Å². The molecule has 0 bridgehead atoms. The summed E-state index contributed by atoms with van der Waals surface area (Å²) in [5.41, 5.74) is 9.53. The summed E-state index contributed by atoms with van der Waals surface area (Å²) >= 11 is 0. The Hall–Kier alpha value is -1.77. The standard InChI is InChI=1S/C14H19N3/c1-3-7-13-12(16-14(15)17(13)2)10-11-8-5-4-6-9-11/h4-6,8-9H,3,7,10H2,1-2H3,(H2,15,16). The van der Waals surface area contributed by atoms with Gasteiger partial charge in [0.2, 0.25) is 0 Å². The van der Waals surface area contributed by atoms with E-state index in [-0.39, 0.29) is 0 Å². The molecule has 0 saturated carbocycles. The summed E-state index contributed by atoms with van der Waals surface area (Å²) in [6.07, 6.45) is 3.00. The minimum Gasteiger partial charge on any atom is -0.369 e. The number of nitrogens with zero attached hydrogens (tertiary/aromatic N) is 2. The van der Waals surface area contributed by atoms with Crippen molar-refractivity contribution in [1.82, 2.24) is 9.55 Å². The second-order valence-corrected chi connectivity index (χ2v) is 4.33. The maximum atomic E-state index is 5.88. The predicted octanol–water partition coefficient (Wildman–Crippen LogP) is 2.55. The first-order valence-electron chi connectivity index (χ1n) is 6.06. The lowest BCUT2D eigenvalue weighted by Crippen LogP contribution is -2.02. The van der Waals surface area contributed by atoms with Crippen LogP contribution in [0.5, 0.6) is 0 Å². The summed E-state index contributed by atoms with van der Waals surface area (Å²) in [7, 11) is 1.99. The van der Waals surface area contributed by atoms with Crippen LogP contribution in [0.3, 0.4) is 0 Å². The van der Waals surface area contributed by atoms with Gasteiger partial charge in [0.25, 0.3) is 0 Å². The van der Waals surface area contributed by atoms with E-state index in [4.69, 9.17) is 5.73 Å². The summed E-state index contributed by atoms with van der Waals surface area (Å²) in [5.74, 6) is 0.611. The molecule has 0 fully saturated rings. The molecule has 0 aliphatic rings. The van der Waals surface area contributed by atoms with Crippen molar-refractivity contribution in [3.63, 3.8) is 0 Å². The van der Waals surface area contributed by atoms with Gasteiger partial charge in [-0.3, -0.25) is 0 Å². The van der Waals surface area contributed by atoms with E-state index in [0.29, 0.717) is 5.95 Å². The van der Waals surface area contributed by atoms with Gasteiger partial charge >= 0.3 is 0 Å². The van der Waals surface area contributed by atoms with Crippen molar-refractivity contribution in [3.8, 4) is 0 Å². The number of hydrogen-bond donors (Lipinski definition) is 1. The lowest BCUT2D eigenvalue weighted by Gasteiger charge is -2.05. The maximum absolute atomic E-state index is 5.88. The van der Waals surface area contributed by atoms with Crippen LogP contribution in [0, 0.1) is 0 Å². The van der Waals surface area contributed by atoms with Crippen molar-refractivity contribution in [2.24, 2.45) is 7.05 Å². The number of nitrogens with two attached hydrogens (primary N) is 1. The van der Waals surface area contributed by atoms with Gasteiger partial charge in [-0.1, -0.05) is 43.7 Å². The number of benzene rings is 1. The van der Waals surface area contributed by atoms with E-state index in [1.165, 1.54) is 11.3 Å². The average Bonchev–Trinajstić information content (AvgIpc) is 2.59. The van der Waals surface area contributed by atoms with Gasteiger partial charge in [0, 0.05) is 19.2 Å². The zero-order valence-electron chi connectivity index (χ0n) is 10.5. The highest BCUT2D eigenvalue weighted by Gasteiger charge is 2.12. The van der Waals surface area contributed by atoms with E-state index < -0.39 is 0 Å². The Balaban J connectivity index is 2.29. The first-order chi connectivity index (χ1) is 8.22. The van der Waals surface area contributed by atoms with E-state index in [1.807, 2.05) is 17.7 Å². The molecule has 2 rings (SSSR count). The smallest absolute Gasteiger partial charge is 0.200 e. The van der Waals surface area contributed by atoms with Gasteiger partial charge in [0.05, 0.1) is 5.69 Å². The fraction of sp³-hybridized carbons (Fsp3) is 0.357. The van der Waals surface area contributed by atoms with E-state index >= 15 is 0 Å². The number of imidazole rings is 1. The van der Waals surface area contributed by atoms with Crippen molar-refractivity contribution >= 4 is 5.95 Å². The third-order valence-corrected chi connectivity index (χ3v) is 3.03. The molecule has 1 aromatic carbocycles. The molecule has 2 aromatic rings. The third kappa shape index (κ3) is 2.49. The zero-order valence-corrected chi connectivity index (χ0v) is 10.5. The first kappa shape index (κ1) is 11.7. The molecule has 0 unspecified atom stereocenters. The quantitative estimate of drug-likeness (QED) is 0.875. The molecule has 0 aliphatic carbocycles. The van der Waals surface area contributed by atoms with Gasteiger partial charge in [-0.25, -0.2) is 4.98 Å². The van der Waals surface area contributed by atoms with Gasteiger partial charge in [-0.05, 0) is 12.0 Å². The van der Waals surface area contributed by atoms with Gasteiger partial charge in [0.1, 0.15) is 0 Å². The summed E-state index contributed by atoms with van der Waals surface area (Å²) in [6, 6.07) is 10.4. The highest BCUT2D eigenvalue weighted by Crippen LogP contribution is 2.17. The minimum atomic E-state index is 0.611. The number of hydrogen-bond acceptors (Lipinski definition) is 2. The fourth-order valence-corrected chi connectivity index (χ4v) is 2.09. The first-order valence-corrected chi connectivity index (χ1v) is 6.06. The van der Waals surface area contributed by atoms with E-state index in [9.17, 15) is 0 Å². The van der Waals surface area contributed by atoms with Crippen molar-refractivity contribution < 1.29 is 0 Å². The number of nitrogen functional groups attached to an aromatic ring is 1. The second-order valence-electron chi connectivity index (χ2n) is 4.33. The second kappa shape index (κ2) is 5.04. The molecular weight excluding hydrogens is 210 g/mol. The molecular formula is C14H19N3. The van der Waals surface area contributed by atoms with Crippen LogP contribution >= 0.6 is 0 Å². The van der Waals surface area contributed by atoms with Crippen LogP contribution in [0.1, 0.15) is 30.3 Å². The third-order valence-electron chi connectivity index (χ3n) is 3.03. The minimum absolute atomic E-state index is 0.611. The molecule has 3 nitrogen and oxygen atoms in total. The van der Waals surface area contributed by atoms with E-state index in [2.05, 4.69) is 36.2 Å². The summed E-state index contributed by atoms with van der Waals surface area (Å²) in [4.78, 5) is 4.46. The molecule has 0 atom stereocenters. The zero-order chi connectivity index (χ0) is 12.3. The molecule has 0 aliphatic heterocycles. The molecule has 0 spiro atoms. The monoisotopic (exact) mass is 229 g/mol.